The monoisotopic (exact) mass is 354 g/mol. The molecule has 0 atom stereocenters. The molecule has 0 spiro atoms. The van der Waals surface area contributed by atoms with Gasteiger partial charge in [0.15, 0.2) is 0 Å². The third-order valence-electron chi connectivity index (χ3n) is 5.06. The highest BCUT2D eigenvalue weighted by molar-refractivity contribution is 5.97. The molecule has 1 N–H and O–H groups in total. The fourth-order valence-electron chi connectivity index (χ4n) is 3.18. The highest BCUT2D eigenvalue weighted by atomic mass is 16.2. The van der Waals surface area contributed by atoms with Crippen molar-refractivity contribution in [3.63, 3.8) is 0 Å². The second kappa shape index (κ2) is 9.98. The lowest BCUT2D eigenvalue weighted by Gasteiger charge is -2.34. The van der Waals surface area contributed by atoms with Crippen molar-refractivity contribution in [2.75, 3.05) is 32.5 Å². The molecule has 0 radical (unpaired) electrons. The van der Waals surface area contributed by atoms with Crippen LogP contribution in [0.2, 0.25) is 0 Å². The maximum Gasteiger partial charge on any atom is 0.266 e. The first-order valence-corrected chi connectivity index (χ1v) is 9.46. The molecule has 1 aromatic rings. The van der Waals surface area contributed by atoms with Gasteiger partial charge >= 0.3 is 0 Å². The standard InChI is InChI=1S/C21H30N4O/c1-4-5-6-17-7-9-19(10-8-17)23-16-18(15-22)21(26)25(3)20-11-13-24(2)14-12-20/h7-10,16,20,23H,4-6,11-14H2,1-3H3/b18-16-. The third-order valence-corrected chi connectivity index (χ3v) is 5.06. The molecule has 5 heteroatoms. The van der Waals surface area contributed by atoms with E-state index in [1.165, 1.54) is 24.6 Å². The van der Waals surface area contributed by atoms with Gasteiger partial charge in [0.2, 0.25) is 0 Å². The Kier molecular flexibility index (Phi) is 7.68. The predicted octanol–water partition coefficient (Wildman–Crippen LogP) is 3.40. The van der Waals surface area contributed by atoms with Crippen LogP contribution in [0, 0.1) is 11.3 Å². The first-order valence-electron chi connectivity index (χ1n) is 9.46. The van der Waals surface area contributed by atoms with E-state index in [-0.39, 0.29) is 17.5 Å². The topological polar surface area (TPSA) is 59.4 Å². The lowest BCUT2D eigenvalue weighted by atomic mass is 10.0. The number of hydrogen-bond acceptors (Lipinski definition) is 4. The lowest BCUT2D eigenvalue weighted by molar-refractivity contribution is -0.128. The molecule has 1 saturated heterocycles. The van der Waals surface area contributed by atoms with Crippen molar-refractivity contribution in [1.29, 1.82) is 5.26 Å². The molecule has 0 aromatic heterocycles. The third kappa shape index (κ3) is 5.60. The summed E-state index contributed by atoms with van der Waals surface area (Å²) in [4.78, 5) is 16.6. The van der Waals surface area contributed by atoms with Crippen molar-refractivity contribution in [2.45, 2.75) is 45.1 Å². The van der Waals surface area contributed by atoms with Crippen molar-refractivity contribution in [1.82, 2.24) is 9.80 Å². The van der Waals surface area contributed by atoms with Crippen LogP contribution in [-0.2, 0) is 11.2 Å². The summed E-state index contributed by atoms with van der Waals surface area (Å²) in [6.07, 6.45) is 6.86. The van der Waals surface area contributed by atoms with Crippen LogP contribution in [0.5, 0.6) is 0 Å². The Morgan fingerprint density at radius 1 is 1.35 bits per heavy atom. The number of hydrogen-bond donors (Lipinski definition) is 1. The molecule has 0 unspecified atom stereocenters. The minimum atomic E-state index is -0.214. The summed E-state index contributed by atoms with van der Waals surface area (Å²) in [6, 6.07) is 10.4. The first kappa shape index (κ1) is 20.0. The molecule has 1 heterocycles. The Balaban J connectivity index is 1.96. The summed E-state index contributed by atoms with van der Waals surface area (Å²) >= 11 is 0. The van der Waals surface area contributed by atoms with Gasteiger partial charge in [-0.05, 0) is 63.5 Å². The second-order valence-electron chi connectivity index (χ2n) is 7.07. The SMILES string of the molecule is CCCCc1ccc(N/C=C(/C#N)C(=O)N(C)C2CCN(C)CC2)cc1. The smallest absolute Gasteiger partial charge is 0.266 e. The van der Waals surface area contributed by atoms with Gasteiger partial charge < -0.3 is 15.1 Å². The van der Waals surface area contributed by atoms with Crippen LogP contribution in [0.3, 0.4) is 0 Å². The highest BCUT2D eigenvalue weighted by Crippen LogP contribution is 2.17. The van der Waals surface area contributed by atoms with Crippen LogP contribution in [0.25, 0.3) is 0 Å². The second-order valence-corrected chi connectivity index (χ2v) is 7.07. The number of unbranched alkanes of at least 4 members (excludes halogenated alkanes) is 1. The number of nitriles is 1. The lowest BCUT2D eigenvalue weighted by Crippen LogP contribution is -2.44. The van der Waals surface area contributed by atoms with Crippen molar-refractivity contribution in [3.8, 4) is 6.07 Å². The van der Waals surface area contributed by atoms with E-state index in [2.05, 4.69) is 36.3 Å². The number of amides is 1. The maximum absolute atomic E-state index is 12.6. The molecule has 1 amide bonds. The van der Waals surface area contributed by atoms with Gasteiger partial charge in [-0.2, -0.15) is 5.26 Å². The summed E-state index contributed by atoms with van der Waals surface area (Å²) in [5, 5.41) is 12.5. The molecule has 0 saturated carbocycles. The van der Waals surface area contributed by atoms with E-state index in [1.807, 2.05) is 18.2 Å². The molecule has 1 aliphatic heterocycles. The zero-order valence-corrected chi connectivity index (χ0v) is 16.2. The zero-order valence-electron chi connectivity index (χ0n) is 16.2. The average Bonchev–Trinajstić information content (AvgIpc) is 2.67. The van der Waals surface area contributed by atoms with Gasteiger partial charge in [-0.1, -0.05) is 25.5 Å². The van der Waals surface area contributed by atoms with E-state index < -0.39 is 0 Å². The van der Waals surface area contributed by atoms with E-state index in [1.54, 1.807) is 11.9 Å². The van der Waals surface area contributed by atoms with Gasteiger partial charge in [0.25, 0.3) is 5.91 Å². The molecule has 0 bridgehead atoms. The van der Waals surface area contributed by atoms with E-state index in [0.29, 0.717) is 0 Å². The fraction of sp³-hybridized carbons (Fsp3) is 0.524. The van der Waals surface area contributed by atoms with Crippen molar-refractivity contribution < 1.29 is 4.79 Å². The Hall–Kier alpha value is -2.32. The number of likely N-dealkylation sites (tertiary alicyclic amines) is 1. The number of anilines is 1. The Morgan fingerprint density at radius 3 is 2.58 bits per heavy atom. The number of carbonyl (C=O) groups excluding carboxylic acids is 1. The zero-order chi connectivity index (χ0) is 18.9. The van der Waals surface area contributed by atoms with Gasteiger partial charge in [-0.3, -0.25) is 4.79 Å². The molecule has 0 aliphatic carbocycles. The molecular formula is C21H30N4O. The fourth-order valence-corrected chi connectivity index (χ4v) is 3.18. The van der Waals surface area contributed by atoms with Crippen molar-refractivity contribution >= 4 is 11.6 Å². The highest BCUT2D eigenvalue weighted by Gasteiger charge is 2.25. The predicted molar refractivity (Wildman–Crippen MR) is 106 cm³/mol. The number of aryl methyl sites for hydroxylation is 1. The number of carbonyl (C=O) groups is 1. The summed E-state index contributed by atoms with van der Waals surface area (Å²) in [6.45, 7) is 4.15. The molecule has 26 heavy (non-hydrogen) atoms. The van der Waals surface area contributed by atoms with Crippen molar-refractivity contribution in [2.24, 2.45) is 0 Å². The van der Waals surface area contributed by atoms with E-state index in [9.17, 15) is 10.1 Å². The minimum absolute atomic E-state index is 0.140. The van der Waals surface area contributed by atoms with Gasteiger partial charge in [0, 0.05) is 25.0 Å². The normalized spacial score (nSPS) is 16.2. The number of rotatable bonds is 7. The number of nitrogens with one attached hydrogen (secondary N) is 1. The Morgan fingerprint density at radius 2 is 2.00 bits per heavy atom. The average molecular weight is 354 g/mol. The minimum Gasteiger partial charge on any atom is -0.360 e. The maximum atomic E-state index is 12.6. The summed E-state index contributed by atoms with van der Waals surface area (Å²) in [5.41, 5.74) is 2.33. The molecule has 5 nitrogen and oxygen atoms in total. The van der Waals surface area contributed by atoms with Crippen molar-refractivity contribution in [3.05, 3.63) is 41.6 Å². The molecular weight excluding hydrogens is 324 g/mol. The van der Waals surface area contributed by atoms with Gasteiger partial charge in [-0.25, -0.2) is 0 Å². The quantitative estimate of drug-likeness (QED) is 0.602. The van der Waals surface area contributed by atoms with Crippen LogP contribution in [-0.4, -0.2) is 48.9 Å². The van der Waals surface area contributed by atoms with Crippen LogP contribution in [0.4, 0.5) is 5.69 Å². The first-order chi connectivity index (χ1) is 12.5. The number of likely N-dealkylation sites (N-methyl/N-ethyl adjacent to an activating group) is 1. The molecule has 1 fully saturated rings. The Bertz CT molecular complexity index is 652. The van der Waals surface area contributed by atoms with E-state index in [0.717, 1.165) is 38.0 Å². The number of piperidine rings is 1. The Labute approximate surface area is 157 Å². The molecule has 140 valence electrons. The van der Waals surface area contributed by atoms with Crippen LogP contribution >= 0.6 is 0 Å². The van der Waals surface area contributed by atoms with Crippen LogP contribution in [0.15, 0.2) is 36.0 Å². The van der Waals surface area contributed by atoms with E-state index >= 15 is 0 Å². The van der Waals surface area contributed by atoms with Crippen LogP contribution < -0.4 is 5.32 Å². The summed E-state index contributed by atoms with van der Waals surface area (Å²) in [7, 11) is 3.89. The number of benzene rings is 1. The molecule has 1 aromatic carbocycles. The van der Waals surface area contributed by atoms with Gasteiger partial charge in [-0.15, -0.1) is 0 Å². The van der Waals surface area contributed by atoms with Gasteiger partial charge in [0.1, 0.15) is 11.6 Å². The molecule has 2 rings (SSSR count). The largest absolute Gasteiger partial charge is 0.360 e. The molecule has 1 aliphatic rings. The van der Waals surface area contributed by atoms with E-state index in [4.69, 9.17) is 0 Å². The number of nitrogens with zero attached hydrogens (tertiary/aromatic N) is 3. The summed E-state index contributed by atoms with van der Waals surface area (Å²) < 4.78 is 0. The summed E-state index contributed by atoms with van der Waals surface area (Å²) in [5.74, 6) is -0.214. The van der Waals surface area contributed by atoms with Gasteiger partial charge in [0.05, 0.1) is 0 Å². The van der Waals surface area contributed by atoms with Crippen LogP contribution in [0.1, 0.15) is 38.2 Å².